The molecule has 0 spiro atoms. The Morgan fingerprint density at radius 2 is 2.04 bits per heavy atom. The molecule has 3 rings (SSSR count). The van der Waals surface area contributed by atoms with Crippen LogP contribution in [0.5, 0.6) is 5.75 Å². The van der Waals surface area contributed by atoms with Crippen molar-refractivity contribution in [1.82, 2.24) is 4.72 Å². The lowest BCUT2D eigenvalue weighted by atomic mass is 10.0. The molecule has 1 heterocycles. The van der Waals surface area contributed by atoms with Crippen LogP contribution in [0, 0.1) is 0 Å². The van der Waals surface area contributed by atoms with E-state index in [1.165, 1.54) is 11.6 Å². The van der Waals surface area contributed by atoms with Crippen LogP contribution in [-0.4, -0.2) is 21.1 Å². The van der Waals surface area contributed by atoms with Gasteiger partial charge in [0.25, 0.3) is 0 Å². The predicted molar refractivity (Wildman–Crippen MR) is 90.6 cm³/mol. The van der Waals surface area contributed by atoms with E-state index in [4.69, 9.17) is 16.3 Å². The summed E-state index contributed by atoms with van der Waals surface area (Å²) in [5, 5.41) is 0.224. The Balaban J connectivity index is 1.72. The minimum atomic E-state index is -3.63. The van der Waals surface area contributed by atoms with Crippen LogP contribution < -0.4 is 9.46 Å². The highest BCUT2D eigenvalue weighted by atomic mass is 35.5. The summed E-state index contributed by atoms with van der Waals surface area (Å²) in [6.45, 7) is 2.56. The summed E-state index contributed by atoms with van der Waals surface area (Å²) in [6, 6.07) is 12.2. The molecule has 23 heavy (non-hydrogen) atoms. The van der Waals surface area contributed by atoms with Crippen LogP contribution in [0.2, 0.25) is 5.02 Å². The average Bonchev–Trinajstić information content (AvgIpc) is 2.94. The molecule has 2 aromatic rings. The summed E-state index contributed by atoms with van der Waals surface area (Å²) in [6.07, 6.45) is 1.51. The third kappa shape index (κ3) is 3.68. The molecule has 0 radical (unpaired) electrons. The third-order valence-electron chi connectivity index (χ3n) is 3.78. The maximum atomic E-state index is 12.4. The van der Waals surface area contributed by atoms with E-state index < -0.39 is 10.0 Å². The van der Waals surface area contributed by atoms with E-state index in [2.05, 4.69) is 10.8 Å². The van der Waals surface area contributed by atoms with E-state index in [0.29, 0.717) is 13.0 Å². The topological polar surface area (TPSA) is 55.4 Å². The van der Waals surface area contributed by atoms with Gasteiger partial charge in [-0.25, -0.2) is 13.1 Å². The fraction of sp³-hybridized carbons (Fsp3) is 0.294. The number of ether oxygens (including phenoxy) is 1. The van der Waals surface area contributed by atoms with Crippen molar-refractivity contribution in [2.75, 3.05) is 6.61 Å². The Morgan fingerprint density at radius 3 is 2.83 bits per heavy atom. The minimum absolute atomic E-state index is 0.107. The second kappa shape index (κ2) is 6.51. The quantitative estimate of drug-likeness (QED) is 0.900. The molecule has 4 nitrogen and oxygen atoms in total. The van der Waals surface area contributed by atoms with Crippen molar-refractivity contribution < 1.29 is 13.2 Å². The van der Waals surface area contributed by atoms with E-state index in [9.17, 15) is 8.42 Å². The Kier molecular flexibility index (Phi) is 4.62. The van der Waals surface area contributed by atoms with Crippen molar-refractivity contribution in [3.63, 3.8) is 0 Å². The first-order valence-electron chi connectivity index (χ1n) is 7.47. The number of hydrogen-bond acceptors (Lipinski definition) is 3. The molecule has 0 unspecified atom stereocenters. The van der Waals surface area contributed by atoms with Gasteiger partial charge in [0, 0.05) is 12.5 Å². The number of hydrogen-bond donors (Lipinski definition) is 1. The zero-order chi connectivity index (χ0) is 16.4. The van der Waals surface area contributed by atoms with Crippen molar-refractivity contribution in [3.05, 3.63) is 58.6 Å². The normalized spacial score (nSPS) is 15.0. The zero-order valence-corrected chi connectivity index (χ0v) is 14.3. The number of sulfonamides is 1. The van der Waals surface area contributed by atoms with E-state index in [1.54, 1.807) is 18.2 Å². The van der Waals surface area contributed by atoms with Gasteiger partial charge in [0.1, 0.15) is 10.6 Å². The van der Waals surface area contributed by atoms with Gasteiger partial charge in [-0.05, 0) is 42.7 Å². The molecule has 0 fully saturated rings. The Bertz CT molecular complexity index is 820. The van der Waals surface area contributed by atoms with Gasteiger partial charge in [0.15, 0.2) is 0 Å². The smallest absolute Gasteiger partial charge is 0.242 e. The second-order valence-electron chi connectivity index (χ2n) is 5.70. The molecule has 1 atom stereocenters. The molecule has 1 N–H and O–H groups in total. The lowest BCUT2D eigenvalue weighted by Crippen LogP contribution is -2.34. The van der Waals surface area contributed by atoms with Gasteiger partial charge in [0.05, 0.1) is 11.6 Å². The monoisotopic (exact) mass is 351 g/mol. The van der Waals surface area contributed by atoms with Gasteiger partial charge in [-0.1, -0.05) is 35.9 Å². The van der Waals surface area contributed by atoms with Crippen molar-refractivity contribution in [3.8, 4) is 5.75 Å². The average molecular weight is 352 g/mol. The Labute approximate surface area is 141 Å². The first kappa shape index (κ1) is 16.3. The van der Waals surface area contributed by atoms with E-state index in [1.807, 2.05) is 19.1 Å². The van der Waals surface area contributed by atoms with Crippen molar-refractivity contribution in [1.29, 1.82) is 0 Å². The van der Waals surface area contributed by atoms with Crippen LogP contribution in [-0.2, 0) is 22.9 Å². The first-order valence-corrected chi connectivity index (χ1v) is 9.33. The van der Waals surface area contributed by atoms with Gasteiger partial charge >= 0.3 is 0 Å². The summed E-state index contributed by atoms with van der Waals surface area (Å²) in [4.78, 5) is 0.107. The van der Waals surface area contributed by atoms with Gasteiger partial charge in [-0.15, -0.1) is 0 Å². The van der Waals surface area contributed by atoms with Crippen molar-refractivity contribution in [2.45, 2.75) is 30.7 Å². The highest BCUT2D eigenvalue weighted by Crippen LogP contribution is 2.26. The van der Waals surface area contributed by atoms with Gasteiger partial charge in [-0.2, -0.15) is 0 Å². The highest BCUT2D eigenvalue weighted by molar-refractivity contribution is 7.89. The largest absolute Gasteiger partial charge is 0.493 e. The number of halogens is 1. The van der Waals surface area contributed by atoms with Gasteiger partial charge in [0.2, 0.25) is 10.0 Å². The maximum absolute atomic E-state index is 12.4. The number of rotatable bonds is 5. The fourth-order valence-corrected chi connectivity index (χ4v) is 4.52. The van der Waals surface area contributed by atoms with Crippen LogP contribution in [0.3, 0.4) is 0 Å². The lowest BCUT2D eigenvalue weighted by molar-refractivity contribution is 0.357. The number of fused-ring (bicyclic) bond motifs is 1. The van der Waals surface area contributed by atoms with E-state index >= 15 is 0 Å². The summed E-state index contributed by atoms with van der Waals surface area (Å²) >= 11 is 5.98. The SMILES string of the molecule is C[C@H](Cc1ccc2c(c1)CCO2)NS(=O)(=O)c1ccccc1Cl. The van der Waals surface area contributed by atoms with Crippen LogP contribution in [0.15, 0.2) is 47.4 Å². The molecular formula is C17H18ClNO3S. The first-order chi connectivity index (χ1) is 11.0. The van der Waals surface area contributed by atoms with Crippen molar-refractivity contribution >= 4 is 21.6 Å². The number of nitrogens with one attached hydrogen (secondary N) is 1. The Morgan fingerprint density at radius 1 is 1.26 bits per heavy atom. The highest BCUT2D eigenvalue weighted by Gasteiger charge is 2.20. The van der Waals surface area contributed by atoms with Crippen molar-refractivity contribution in [2.24, 2.45) is 0 Å². The summed E-state index contributed by atoms with van der Waals surface area (Å²) in [5.74, 6) is 0.929. The molecule has 1 aliphatic heterocycles. The minimum Gasteiger partial charge on any atom is -0.493 e. The summed E-state index contributed by atoms with van der Waals surface area (Å²) in [5.41, 5.74) is 2.27. The Hall–Kier alpha value is -1.56. The van der Waals surface area contributed by atoms with Gasteiger partial charge < -0.3 is 4.74 Å². The molecule has 0 aliphatic carbocycles. The standard InChI is InChI=1S/C17H18ClNO3S/c1-12(10-13-6-7-16-14(11-13)8-9-22-16)19-23(20,21)17-5-3-2-4-15(17)18/h2-7,11-12,19H,8-10H2,1H3/t12-/m1/s1. The lowest BCUT2D eigenvalue weighted by Gasteiger charge is -2.15. The number of benzene rings is 2. The fourth-order valence-electron chi connectivity index (χ4n) is 2.75. The third-order valence-corrected chi connectivity index (χ3v) is 5.87. The van der Waals surface area contributed by atoms with Gasteiger partial charge in [-0.3, -0.25) is 0 Å². The molecule has 0 aromatic heterocycles. The molecule has 6 heteroatoms. The molecule has 1 aliphatic rings. The van der Waals surface area contributed by atoms with E-state index in [0.717, 1.165) is 17.7 Å². The zero-order valence-electron chi connectivity index (χ0n) is 12.8. The second-order valence-corrected chi connectivity index (χ2v) is 7.79. The molecular weight excluding hydrogens is 334 g/mol. The van der Waals surface area contributed by atoms with Crippen LogP contribution >= 0.6 is 11.6 Å². The molecule has 0 bridgehead atoms. The van der Waals surface area contributed by atoms with E-state index in [-0.39, 0.29) is 16.0 Å². The molecule has 0 saturated carbocycles. The van der Waals surface area contributed by atoms with Crippen LogP contribution in [0.25, 0.3) is 0 Å². The molecule has 0 amide bonds. The molecule has 2 aromatic carbocycles. The molecule has 122 valence electrons. The van der Waals surface area contributed by atoms with Crippen LogP contribution in [0.4, 0.5) is 0 Å². The summed E-state index contributed by atoms with van der Waals surface area (Å²) < 4.78 is 33.0. The summed E-state index contributed by atoms with van der Waals surface area (Å²) in [7, 11) is -3.63. The predicted octanol–water partition coefficient (Wildman–Crippen LogP) is 3.18. The molecule has 0 saturated heterocycles. The maximum Gasteiger partial charge on any atom is 0.242 e. The van der Waals surface area contributed by atoms with Crippen LogP contribution in [0.1, 0.15) is 18.1 Å².